The molecule has 0 aliphatic carbocycles. The van der Waals surface area contributed by atoms with E-state index < -0.39 is 0 Å². The minimum Gasteiger partial charge on any atom is -0.494 e. The molecule has 0 aliphatic heterocycles. The predicted octanol–water partition coefficient (Wildman–Crippen LogP) is 2.34. The Kier molecular flexibility index (Phi) is 6.67. The second-order valence-corrected chi connectivity index (χ2v) is 4.31. The lowest BCUT2D eigenvalue weighted by atomic mass is 10.2. The number of nitrogens with one attached hydrogen (secondary N) is 1. The zero-order valence-corrected chi connectivity index (χ0v) is 10.8. The second kappa shape index (κ2) is 8.09. The van der Waals surface area contributed by atoms with Crippen molar-refractivity contribution in [2.75, 3.05) is 13.2 Å². The molecule has 3 nitrogen and oxygen atoms in total. The summed E-state index contributed by atoms with van der Waals surface area (Å²) in [5.41, 5.74) is 1.20. The van der Waals surface area contributed by atoms with Gasteiger partial charge in [-0.3, -0.25) is 0 Å². The largest absolute Gasteiger partial charge is 0.494 e. The third kappa shape index (κ3) is 5.71. The molecule has 1 aromatic carbocycles. The van der Waals surface area contributed by atoms with Crippen LogP contribution in [0.3, 0.4) is 0 Å². The number of unbranched alkanes of at least 4 members (excludes halogenated alkanes) is 1. The quantitative estimate of drug-likeness (QED) is 0.682. The van der Waals surface area contributed by atoms with Crippen molar-refractivity contribution in [2.45, 2.75) is 39.3 Å². The number of aliphatic hydroxyl groups is 1. The number of benzene rings is 1. The van der Waals surface area contributed by atoms with Crippen LogP contribution in [-0.2, 0) is 6.54 Å². The van der Waals surface area contributed by atoms with Crippen LogP contribution in [0.25, 0.3) is 0 Å². The molecule has 0 aliphatic rings. The van der Waals surface area contributed by atoms with Crippen molar-refractivity contribution in [1.82, 2.24) is 5.32 Å². The van der Waals surface area contributed by atoms with Gasteiger partial charge in [0.05, 0.1) is 13.2 Å². The smallest absolute Gasteiger partial charge is 0.119 e. The lowest BCUT2D eigenvalue weighted by Crippen LogP contribution is -2.28. The summed E-state index contributed by atoms with van der Waals surface area (Å²) < 4.78 is 5.59. The number of aliphatic hydroxyl groups excluding tert-OH is 1. The summed E-state index contributed by atoms with van der Waals surface area (Å²) in [6, 6.07) is 8.24. The van der Waals surface area contributed by atoms with Gasteiger partial charge in [0.15, 0.2) is 0 Å². The van der Waals surface area contributed by atoms with Crippen molar-refractivity contribution in [3.8, 4) is 5.75 Å². The van der Waals surface area contributed by atoms with E-state index in [4.69, 9.17) is 9.84 Å². The van der Waals surface area contributed by atoms with Gasteiger partial charge in [-0.1, -0.05) is 25.5 Å². The molecular formula is C14H23NO2. The van der Waals surface area contributed by atoms with Crippen molar-refractivity contribution in [1.29, 1.82) is 0 Å². The molecule has 1 unspecified atom stereocenters. The maximum Gasteiger partial charge on any atom is 0.119 e. The predicted molar refractivity (Wildman–Crippen MR) is 70.2 cm³/mol. The number of ether oxygens (including phenoxy) is 1. The first kappa shape index (κ1) is 14.0. The first-order valence-electron chi connectivity index (χ1n) is 6.32. The van der Waals surface area contributed by atoms with E-state index in [1.165, 1.54) is 5.56 Å². The zero-order chi connectivity index (χ0) is 12.5. The summed E-state index contributed by atoms with van der Waals surface area (Å²) in [7, 11) is 0. The van der Waals surface area contributed by atoms with Gasteiger partial charge in [0.2, 0.25) is 0 Å². The van der Waals surface area contributed by atoms with Gasteiger partial charge in [-0.2, -0.15) is 0 Å². The van der Waals surface area contributed by atoms with Gasteiger partial charge in [-0.05, 0) is 31.0 Å². The van der Waals surface area contributed by atoms with Crippen LogP contribution in [0.1, 0.15) is 32.3 Å². The lowest BCUT2D eigenvalue weighted by molar-refractivity contribution is 0.251. The fourth-order valence-corrected chi connectivity index (χ4v) is 1.39. The Morgan fingerprint density at radius 3 is 2.59 bits per heavy atom. The highest BCUT2D eigenvalue weighted by Crippen LogP contribution is 2.12. The zero-order valence-electron chi connectivity index (χ0n) is 10.8. The van der Waals surface area contributed by atoms with E-state index in [0.29, 0.717) is 0 Å². The number of hydrogen-bond donors (Lipinski definition) is 2. The molecule has 0 aromatic heterocycles. The Labute approximate surface area is 104 Å². The average Bonchev–Trinajstić information content (AvgIpc) is 2.37. The molecule has 0 radical (unpaired) electrons. The summed E-state index contributed by atoms with van der Waals surface area (Å²) in [4.78, 5) is 0. The SMILES string of the molecule is CCCCOc1ccc(CNC(C)CO)cc1. The van der Waals surface area contributed by atoms with Crippen LogP contribution in [0.5, 0.6) is 5.75 Å². The number of hydrogen-bond acceptors (Lipinski definition) is 3. The molecule has 0 bridgehead atoms. The Morgan fingerprint density at radius 2 is 2.00 bits per heavy atom. The van der Waals surface area contributed by atoms with Crippen LogP contribution < -0.4 is 10.1 Å². The molecule has 0 heterocycles. The van der Waals surface area contributed by atoms with Crippen molar-refractivity contribution in [2.24, 2.45) is 0 Å². The van der Waals surface area contributed by atoms with Crippen molar-refractivity contribution in [3.05, 3.63) is 29.8 Å². The summed E-state index contributed by atoms with van der Waals surface area (Å²) in [6.45, 7) is 5.84. The van der Waals surface area contributed by atoms with Crippen LogP contribution >= 0.6 is 0 Å². The molecule has 3 heteroatoms. The molecule has 17 heavy (non-hydrogen) atoms. The normalized spacial score (nSPS) is 12.4. The summed E-state index contributed by atoms with van der Waals surface area (Å²) in [5.74, 6) is 0.928. The monoisotopic (exact) mass is 237 g/mol. The highest BCUT2D eigenvalue weighted by atomic mass is 16.5. The Hall–Kier alpha value is -1.06. The third-order valence-electron chi connectivity index (χ3n) is 2.62. The summed E-state index contributed by atoms with van der Waals surface area (Å²) in [5, 5.41) is 12.1. The summed E-state index contributed by atoms with van der Waals surface area (Å²) in [6.07, 6.45) is 2.25. The molecule has 0 spiro atoms. The highest BCUT2D eigenvalue weighted by molar-refractivity contribution is 5.27. The van der Waals surface area contributed by atoms with E-state index in [9.17, 15) is 0 Å². The van der Waals surface area contributed by atoms with Crippen molar-refractivity contribution < 1.29 is 9.84 Å². The van der Waals surface area contributed by atoms with Gasteiger partial charge in [0.25, 0.3) is 0 Å². The van der Waals surface area contributed by atoms with Crippen LogP contribution in [0.2, 0.25) is 0 Å². The maximum absolute atomic E-state index is 8.89. The van der Waals surface area contributed by atoms with Crippen LogP contribution in [-0.4, -0.2) is 24.4 Å². The molecule has 96 valence electrons. The summed E-state index contributed by atoms with van der Waals surface area (Å²) >= 11 is 0. The van der Waals surface area contributed by atoms with Crippen LogP contribution in [0.15, 0.2) is 24.3 Å². The fraction of sp³-hybridized carbons (Fsp3) is 0.571. The first-order valence-corrected chi connectivity index (χ1v) is 6.32. The van der Waals surface area contributed by atoms with Crippen LogP contribution in [0.4, 0.5) is 0 Å². The van der Waals surface area contributed by atoms with E-state index >= 15 is 0 Å². The average molecular weight is 237 g/mol. The Balaban J connectivity index is 2.34. The van der Waals surface area contributed by atoms with Gasteiger partial charge in [0, 0.05) is 12.6 Å². The Morgan fingerprint density at radius 1 is 1.29 bits per heavy atom. The minimum absolute atomic E-state index is 0.135. The van der Waals surface area contributed by atoms with Gasteiger partial charge in [-0.25, -0.2) is 0 Å². The fourth-order valence-electron chi connectivity index (χ4n) is 1.39. The van der Waals surface area contributed by atoms with Crippen molar-refractivity contribution in [3.63, 3.8) is 0 Å². The van der Waals surface area contributed by atoms with Gasteiger partial charge in [0.1, 0.15) is 5.75 Å². The third-order valence-corrected chi connectivity index (χ3v) is 2.62. The van der Waals surface area contributed by atoms with Gasteiger partial charge in [-0.15, -0.1) is 0 Å². The lowest BCUT2D eigenvalue weighted by Gasteiger charge is -2.11. The molecule has 1 aromatic rings. The molecular weight excluding hydrogens is 214 g/mol. The highest BCUT2D eigenvalue weighted by Gasteiger charge is 1.99. The molecule has 2 N–H and O–H groups in total. The standard InChI is InChI=1S/C14H23NO2/c1-3-4-9-17-14-7-5-13(6-8-14)10-15-12(2)11-16/h5-8,12,15-16H,3-4,9-11H2,1-2H3. The van der Waals surface area contributed by atoms with Gasteiger partial charge >= 0.3 is 0 Å². The molecule has 0 saturated carbocycles. The van der Waals surface area contributed by atoms with E-state index in [1.807, 2.05) is 19.1 Å². The topological polar surface area (TPSA) is 41.5 Å². The maximum atomic E-state index is 8.89. The minimum atomic E-state index is 0.135. The number of rotatable bonds is 8. The van der Waals surface area contributed by atoms with E-state index in [1.54, 1.807) is 0 Å². The van der Waals surface area contributed by atoms with Crippen molar-refractivity contribution >= 4 is 0 Å². The molecule has 0 fully saturated rings. The van der Waals surface area contributed by atoms with Gasteiger partial charge < -0.3 is 15.2 Å². The van der Waals surface area contributed by atoms with Crippen LogP contribution in [0, 0.1) is 0 Å². The Bertz CT molecular complexity index is 298. The van der Waals surface area contributed by atoms with E-state index in [-0.39, 0.29) is 12.6 Å². The second-order valence-electron chi connectivity index (χ2n) is 4.31. The first-order chi connectivity index (χ1) is 8.26. The molecule has 0 saturated heterocycles. The van der Waals surface area contributed by atoms with E-state index in [2.05, 4.69) is 24.4 Å². The molecule has 0 amide bonds. The molecule has 1 atom stereocenters. The molecule has 1 rings (SSSR count). The van der Waals surface area contributed by atoms with E-state index in [0.717, 1.165) is 31.7 Å².